The van der Waals surface area contributed by atoms with Crippen LogP contribution in [0.5, 0.6) is 0 Å². The maximum Gasteiger partial charge on any atom is 0.242 e. The number of aliphatic hydroxyl groups is 1. The number of carbonyl (C=O) groups excluding carboxylic acids is 1. The Morgan fingerprint density at radius 2 is 2.00 bits per heavy atom. The molecule has 3 N–H and O–H groups in total. The molecule has 2 heterocycles. The van der Waals surface area contributed by atoms with E-state index in [0.717, 1.165) is 43.6 Å². The Kier molecular flexibility index (Phi) is 6.60. The highest BCUT2D eigenvalue weighted by Gasteiger charge is 2.21. The summed E-state index contributed by atoms with van der Waals surface area (Å²) in [5, 5.41) is 19.9. The highest BCUT2D eigenvalue weighted by atomic mass is 16.3. The first-order chi connectivity index (χ1) is 13.1. The van der Waals surface area contributed by atoms with Gasteiger partial charge in [0.25, 0.3) is 0 Å². The molecule has 1 aromatic carbocycles. The van der Waals surface area contributed by atoms with Crippen molar-refractivity contribution in [2.75, 3.05) is 20.1 Å². The Bertz CT molecular complexity index is 752. The summed E-state index contributed by atoms with van der Waals surface area (Å²) in [5.41, 5.74) is 3.19. The van der Waals surface area contributed by atoms with Gasteiger partial charge in [0.1, 0.15) is 6.04 Å². The van der Waals surface area contributed by atoms with Crippen molar-refractivity contribution < 1.29 is 9.90 Å². The number of likely N-dealkylation sites (N-methyl/N-ethyl adjacent to an activating group) is 1. The molecule has 0 saturated carbocycles. The first-order valence-corrected chi connectivity index (χ1v) is 9.47. The number of likely N-dealkylation sites (tertiary alicyclic amines) is 1. The van der Waals surface area contributed by atoms with E-state index in [1.165, 1.54) is 5.56 Å². The van der Waals surface area contributed by atoms with E-state index in [1.54, 1.807) is 17.9 Å². The van der Waals surface area contributed by atoms with Crippen molar-refractivity contribution in [3.8, 4) is 0 Å². The maximum atomic E-state index is 12.6. The highest BCUT2D eigenvalue weighted by Crippen LogP contribution is 2.17. The zero-order valence-corrected chi connectivity index (χ0v) is 16.1. The molecule has 1 atom stereocenters. The molecule has 0 aliphatic carbocycles. The molecule has 1 aromatic heterocycles. The lowest BCUT2D eigenvalue weighted by Crippen LogP contribution is -2.37. The summed E-state index contributed by atoms with van der Waals surface area (Å²) in [7, 11) is 3.61. The van der Waals surface area contributed by atoms with E-state index < -0.39 is 6.04 Å². The Hall–Kier alpha value is -2.22. The minimum absolute atomic E-state index is 0.0682. The van der Waals surface area contributed by atoms with E-state index in [0.29, 0.717) is 6.54 Å². The van der Waals surface area contributed by atoms with Crippen molar-refractivity contribution in [2.45, 2.75) is 38.1 Å². The summed E-state index contributed by atoms with van der Waals surface area (Å²) in [4.78, 5) is 15.0. The lowest BCUT2D eigenvalue weighted by atomic mass is 10.0. The molecule has 0 bridgehead atoms. The third-order valence-corrected chi connectivity index (χ3v) is 5.13. The van der Waals surface area contributed by atoms with Crippen LogP contribution < -0.4 is 10.6 Å². The van der Waals surface area contributed by atoms with Gasteiger partial charge in [0, 0.05) is 45.0 Å². The van der Waals surface area contributed by atoms with E-state index >= 15 is 0 Å². The first kappa shape index (κ1) is 19.5. The number of piperidine rings is 1. The van der Waals surface area contributed by atoms with E-state index in [1.807, 2.05) is 25.4 Å². The van der Waals surface area contributed by atoms with Gasteiger partial charge in [-0.25, -0.2) is 0 Å². The third kappa shape index (κ3) is 5.15. The molecular weight excluding hydrogens is 342 g/mol. The molecular formula is C20H29N5O2. The van der Waals surface area contributed by atoms with Crippen LogP contribution in [0, 0.1) is 0 Å². The predicted molar refractivity (Wildman–Crippen MR) is 104 cm³/mol. The second-order valence-electron chi connectivity index (χ2n) is 7.16. The summed E-state index contributed by atoms with van der Waals surface area (Å²) in [6, 6.07) is 7.79. The molecule has 0 spiro atoms. The zero-order valence-electron chi connectivity index (χ0n) is 16.1. The standard InChI is InChI=1S/C20H29N5O2/c1-21-19(17-12-23-24(2)13-17)20(27)22-11-15-5-3-4-6-16(15)14-25-9-7-18(26)8-10-25/h3-6,12-13,18-19,21,26H,7-11,14H2,1-2H3,(H,22,27). The average molecular weight is 371 g/mol. The number of carbonyl (C=O) groups is 1. The number of benzene rings is 1. The smallest absolute Gasteiger partial charge is 0.242 e. The van der Waals surface area contributed by atoms with Crippen molar-refractivity contribution in [1.82, 2.24) is 25.3 Å². The fourth-order valence-corrected chi connectivity index (χ4v) is 3.53. The van der Waals surface area contributed by atoms with E-state index in [-0.39, 0.29) is 12.0 Å². The monoisotopic (exact) mass is 371 g/mol. The van der Waals surface area contributed by atoms with Crippen LogP contribution in [0.3, 0.4) is 0 Å². The molecule has 7 heteroatoms. The SMILES string of the molecule is CNC(C(=O)NCc1ccccc1CN1CCC(O)CC1)c1cnn(C)c1. The number of amides is 1. The Balaban J connectivity index is 1.61. The van der Waals surface area contributed by atoms with Gasteiger partial charge >= 0.3 is 0 Å². The van der Waals surface area contributed by atoms with Gasteiger partial charge in [0.2, 0.25) is 5.91 Å². The molecule has 1 unspecified atom stereocenters. The van der Waals surface area contributed by atoms with Gasteiger partial charge in [-0.05, 0) is 31.0 Å². The van der Waals surface area contributed by atoms with E-state index in [9.17, 15) is 9.90 Å². The van der Waals surface area contributed by atoms with Gasteiger partial charge in [-0.3, -0.25) is 14.4 Å². The molecule has 27 heavy (non-hydrogen) atoms. The van der Waals surface area contributed by atoms with Crippen molar-refractivity contribution in [3.63, 3.8) is 0 Å². The number of aliphatic hydroxyl groups excluding tert-OH is 1. The van der Waals surface area contributed by atoms with Crippen LogP contribution in [0.4, 0.5) is 0 Å². The number of nitrogens with one attached hydrogen (secondary N) is 2. The summed E-state index contributed by atoms with van der Waals surface area (Å²) in [6.45, 7) is 3.15. The lowest BCUT2D eigenvalue weighted by molar-refractivity contribution is -0.123. The summed E-state index contributed by atoms with van der Waals surface area (Å²) in [5.74, 6) is -0.0682. The van der Waals surface area contributed by atoms with Crippen molar-refractivity contribution in [3.05, 3.63) is 53.3 Å². The molecule has 0 radical (unpaired) electrons. The lowest BCUT2D eigenvalue weighted by Gasteiger charge is -2.30. The van der Waals surface area contributed by atoms with Crippen LogP contribution in [0.1, 0.15) is 35.6 Å². The zero-order chi connectivity index (χ0) is 19.2. The molecule has 2 aromatic rings. The topological polar surface area (TPSA) is 82.4 Å². The van der Waals surface area contributed by atoms with Crippen LogP contribution >= 0.6 is 0 Å². The van der Waals surface area contributed by atoms with Crippen molar-refractivity contribution in [1.29, 1.82) is 0 Å². The maximum absolute atomic E-state index is 12.6. The second-order valence-corrected chi connectivity index (χ2v) is 7.16. The first-order valence-electron chi connectivity index (χ1n) is 9.47. The highest BCUT2D eigenvalue weighted by molar-refractivity contribution is 5.83. The number of aryl methyl sites for hydroxylation is 1. The van der Waals surface area contributed by atoms with Gasteiger partial charge in [0.05, 0.1) is 12.3 Å². The Morgan fingerprint density at radius 3 is 2.63 bits per heavy atom. The van der Waals surface area contributed by atoms with E-state index in [4.69, 9.17) is 0 Å². The molecule has 3 rings (SSSR count). The van der Waals surface area contributed by atoms with E-state index in [2.05, 4.69) is 32.8 Å². The predicted octanol–water partition coefficient (Wildman–Crippen LogP) is 0.954. The largest absolute Gasteiger partial charge is 0.393 e. The van der Waals surface area contributed by atoms with Crippen LogP contribution in [0.2, 0.25) is 0 Å². The van der Waals surface area contributed by atoms with Crippen molar-refractivity contribution in [2.24, 2.45) is 7.05 Å². The fraction of sp³-hybridized carbons (Fsp3) is 0.500. The van der Waals surface area contributed by atoms with Crippen LogP contribution in [-0.4, -0.2) is 51.9 Å². The molecule has 1 aliphatic rings. The number of aromatic nitrogens is 2. The van der Waals surface area contributed by atoms with Crippen LogP contribution in [0.15, 0.2) is 36.7 Å². The van der Waals surface area contributed by atoms with Gasteiger partial charge in [-0.1, -0.05) is 24.3 Å². The Labute approximate surface area is 160 Å². The molecule has 1 amide bonds. The molecule has 1 saturated heterocycles. The molecule has 1 aliphatic heterocycles. The normalized spacial score (nSPS) is 17.0. The van der Waals surface area contributed by atoms with Gasteiger partial charge < -0.3 is 15.7 Å². The van der Waals surface area contributed by atoms with Gasteiger partial charge in [-0.15, -0.1) is 0 Å². The quantitative estimate of drug-likeness (QED) is 0.675. The number of rotatable bonds is 7. The fourth-order valence-electron chi connectivity index (χ4n) is 3.53. The summed E-state index contributed by atoms with van der Waals surface area (Å²) >= 11 is 0. The Morgan fingerprint density at radius 1 is 1.30 bits per heavy atom. The summed E-state index contributed by atoms with van der Waals surface area (Å²) in [6.07, 6.45) is 5.04. The second kappa shape index (κ2) is 9.12. The number of hydrogen-bond acceptors (Lipinski definition) is 5. The number of hydrogen-bond donors (Lipinski definition) is 3. The van der Waals surface area contributed by atoms with Crippen molar-refractivity contribution >= 4 is 5.91 Å². The van der Waals surface area contributed by atoms with Gasteiger partial charge in [0.15, 0.2) is 0 Å². The van der Waals surface area contributed by atoms with Crippen LogP contribution in [-0.2, 0) is 24.9 Å². The molecule has 146 valence electrons. The van der Waals surface area contributed by atoms with Gasteiger partial charge in [-0.2, -0.15) is 5.10 Å². The molecule has 7 nitrogen and oxygen atoms in total. The summed E-state index contributed by atoms with van der Waals surface area (Å²) < 4.78 is 1.69. The minimum Gasteiger partial charge on any atom is -0.393 e. The minimum atomic E-state index is -0.422. The van der Waals surface area contributed by atoms with Crippen LogP contribution in [0.25, 0.3) is 0 Å². The third-order valence-electron chi connectivity index (χ3n) is 5.13. The number of nitrogens with zero attached hydrogens (tertiary/aromatic N) is 3. The molecule has 1 fully saturated rings. The average Bonchev–Trinajstić information content (AvgIpc) is 3.09.